The normalized spacial score (nSPS) is 9.90. The van der Waals surface area contributed by atoms with Crippen LogP contribution in [-0.2, 0) is 0 Å². The molecule has 0 saturated carbocycles. The summed E-state index contributed by atoms with van der Waals surface area (Å²) in [6.07, 6.45) is 0. The van der Waals surface area contributed by atoms with Crippen molar-refractivity contribution in [2.45, 2.75) is 0 Å². The standard InChI is InChI=1S/C13H6ClFN4O2/c14-8-1-5(2-9(15)11(8)20)10-6(3-16)12(18)19-13(21)7(10)4-17/h1-2,20H,(H3,18,19,21). The number of nitrogens with one attached hydrogen (secondary N) is 1. The van der Waals surface area contributed by atoms with Gasteiger partial charge in [-0.25, -0.2) is 4.39 Å². The molecule has 0 bridgehead atoms. The highest BCUT2D eigenvalue weighted by Crippen LogP contribution is 2.35. The molecule has 0 aliphatic heterocycles. The molecule has 4 N–H and O–H groups in total. The number of hydrogen-bond donors (Lipinski definition) is 3. The van der Waals surface area contributed by atoms with Crippen LogP contribution in [0.15, 0.2) is 16.9 Å². The van der Waals surface area contributed by atoms with Crippen LogP contribution in [0.4, 0.5) is 10.2 Å². The van der Waals surface area contributed by atoms with Crippen molar-refractivity contribution >= 4 is 17.4 Å². The number of nitrogens with two attached hydrogens (primary N) is 1. The highest BCUT2D eigenvalue weighted by molar-refractivity contribution is 6.32. The molecule has 1 aromatic heterocycles. The summed E-state index contributed by atoms with van der Waals surface area (Å²) in [5.74, 6) is -2.07. The van der Waals surface area contributed by atoms with Gasteiger partial charge in [0.1, 0.15) is 29.1 Å². The number of nitriles is 2. The summed E-state index contributed by atoms with van der Waals surface area (Å²) in [6, 6.07) is 5.38. The van der Waals surface area contributed by atoms with Crippen LogP contribution in [0.2, 0.25) is 5.02 Å². The fraction of sp³-hybridized carbons (Fsp3) is 0. The summed E-state index contributed by atoms with van der Waals surface area (Å²) in [5, 5.41) is 27.2. The topological polar surface area (TPSA) is 127 Å². The molecule has 0 fully saturated rings. The number of aromatic nitrogens is 1. The molecule has 1 aromatic carbocycles. The van der Waals surface area contributed by atoms with Gasteiger partial charge in [-0.15, -0.1) is 0 Å². The first-order valence-corrected chi connectivity index (χ1v) is 5.82. The number of phenols is 1. The van der Waals surface area contributed by atoms with Crippen LogP contribution in [-0.4, -0.2) is 10.1 Å². The van der Waals surface area contributed by atoms with E-state index < -0.39 is 22.7 Å². The predicted molar refractivity (Wildman–Crippen MR) is 73.0 cm³/mol. The Bertz CT molecular complexity index is 870. The van der Waals surface area contributed by atoms with Crippen LogP contribution in [0.1, 0.15) is 11.1 Å². The van der Waals surface area contributed by atoms with E-state index in [1.165, 1.54) is 0 Å². The zero-order valence-corrected chi connectivity index (χ0v) is 11.0. The largest absolute Gasteiger partial charge is 0.504 e. The minimum absolute atomic E-state index is 0.0128. The predicted octanol–water partition coefficient (Wildman–Crippen LogP) is 1.87. The number of pyridine rings is 1. The molecule has 104 valence electrons. The van der Waals surface area contributed by atoms with Gasteiger partial charge in [0.15, 0.2) is 11.6 Å². The highest BCUT2D eigenvalue weighted by Gasteiger charge is 2.20. The van der Waals surface area contributed by atoms with Crippen molar-refractivity contribution in [2.75, 3.05) is 5.73 Å². The fourth-order valence-electron chi connectivity index (χ4n) is 1.84. The van der Waals surface area contributed by atoms with E-state index in [9.17, 15) is 14.3 Å². The van der Waals surface area contributed by atoms with Crippen molar-refractivity contribution in [1.82, 2.24) is 4.98 Å². The molecule has 0 atom stereocenters. The van der Waals surface area contributed by atoms with Gasteiger partial charge < -0.3 is 15.8 Å². The number of hydrogen-bond acceptors (Lipinski definition) is 5. The quantitative estimate of drug-likeness (QED) is 0.741. The number of benzene rings is 1. The van der Waals surface area contributed by atoms with Crippen molar-refractivity contribution in [1.29, 1.82) is 10.5 Å². The Hall–Kier alpha value is -3.03. The minimum atomic E-state index is -1.05. The van der Waals surface area contributed by atoms with Crippen LogP contribution in [0.3, 0.4) is 0 Å². The third kappa shape index (κ3) is 2.27. The lowest BCUT2D eigenvalue weighted by molar-refractivity contribution is 0.433. The van der Waals surface area contributed by atoms with Crippen molar-refractivity contribution in [2.24, 2.45) is 0 Å². The number of rotatable bonds is 1. The third-order valence-corrected chi connectivity index (χ3v) is 3.06. The van der Waals surface area contributed by atoms with E-state index in [1.54, 1.807) is 12.1 Å². The molecular formula is C13H6ClFN4O2. The second-order valence-corrected chi connectivity index (χ2v) is 4.41. The van der Waals surface area contributed by atoms with Crippen LogP contribution >= 0.6 is 11.6 Å². The summed E-state index contributed by atoms with van der Waals surface area (Å²) in [7, 11) is 0. The molecule has 0 radical (unpaired) electrons. The Morgan fingerprint density at radius 3 is 2.43 bits per heavy atom. The molecule has 0 aliphatic rings. The Labute approximate surface area is 122 Å². The van der Waals surface area contributed by atoms with Gasteiger partial charge >= 0.3 is 0 Å². The van der Waals surface area contributed by atoms with E-state index in [0.29, 0.717) is 0 Å². The van der Waals surface area contributed by atoms with Gasteiger partial charge in [0, 0.05) is 5.56 Å². The van der Waals surface area contributed by atoms with Crippen LogP contribution in [0.25, 0.3) is 11.1 Å². The van der Waals surface area contributed by atoms with Gasteiger partial charge in [0.05, 0.1) is 5.02 Å². The number of aromatic amines is 1. The van der Waals surface area contributed by atoms with Crippen LogP contribution in [0.5, 0.6) is 5.75 Å². The van der Waals surface area contributed by atoms with Crippen molar-refractivity contribution < 1.29 is 9.50 Å². The summed E-state index contributed by atoms with van der Waals surface area (Å²) < 4.78 is 13.6. The summed E-state index contributed by atoms with van der Waals surface area (Å²) in [6.45, 7) is 0. The van der Waals surface area contributed by atoms with Gasteiger partial charge in [0.25, 0.3) is 5.56 Å². The summed E-state index contributed by atoms with van der Waals surface area (Å²) >= 11 is 5.67. The summed E-state index contributed by atoms with van der Waals surface area (Å²) in [4.78, 5) is 13.9. The Balaban J connectivity index is 2.97. The lowest BCUT2D eigenvalue weighted by Gasteiger charge is -2.10. The average Bonchev–Trinajstić information content (AvgIpc) is 2.43. The van der Waals surface area contributed by atoms with Gasteiger partial charge in [-0.2, -0.15) is 10.5 Å². The molecule has 0 aliphatic carbocycles. The van der Waals surface area contributed by atoms with E-state index in [-0.39, 0.29) is 27.5 Å². The number of phenolic OH excluding ortho intramolecular Hbond substituents is 1. The lowest BCUT2D eigenvalue weighted by Crippen LogP contribution is -2.16. The van der Waals surface area contributed by atoms with Crippen LogP contribution in [0, 0.1) is 28.5 Å². The summed E-state index contributed by atoms with van der Waals surface area (Å²) in [5.41, 5.74) is 3.99. The van der Waals surface area contributed by atoms with E-state index in [1.807, 2.05) is 0 Å². The van der Waals surface area contributed by atoms with E-state index in [2.05, 4.69) is 4.98 Å². The highest BCUT2D eigenvalue weighted by atomic mass is 35.5. The SMILES string of the molecule is N#Cc1c(N)[nH]c(=O)c(C#N)c1-c1cc(F)c(O)c(Cl)c1. The minimum Gasteiger partial charge on any atom is -0.504 e. The zero-order chi connectivity index (χ0) is 15.7. The number of aromatic hydroxyl groups is 1. The molecule has 2 aromatic rings. The molecule has 6 nitrogen and oxygen atoms in total. The van der Waals surface area contributed by atoms with Crippen LogP contribution < -0.4 is 11.3 Å². The molecule has 0 spiro atoms. The zero-order valence-electron chi connectivity index (χ0n) is 10.2. The van der Waals surface area contributed by atoms with Gasteiger partial charge in [0.2, 0.25) is 0 Å². The molecule has 1 heterocycles. The lowest BCUT2D eigenvalue weighted by atomic mass is 9.96. The Kier molecular flexibility index (Phi) is 3.53. The number of nitrogen functional groups attached to an aromatic ring is 1. The molecular weight excluding hydrogens is 299 g/mol. The Morgan fingerprint density at radius 2 is 1.90 bits per heavy atom. The van der Waals surface area contributed by atoms with Crippen molar-refractivity contribution in [3.8, 4) is 29.0 Å². The molecule has 2 rings (SSSR count). The van der Waals surface area contributed by atoms with Gasteiger partial charge in [-0.05, 0) is 17.7 Å². The van der Waals surface area contributed by atoms with Crippen molar-refractivity contribution in [3.63, 3.8) is 0 Å². The maximum absolute atomic E-state index is 13.6. The smallest absolute Gasteiger partial charge is 0.268 e. The third-order valence-electron chi connectivity index (χ3n) is 2.77. The first-order valence-electron chi connectivity index (χ1n) is 5.45. The average molecular weight is 305 g/mol. The van der Waals surface area contributed by atoms with Gasteiger partial charge in [-0.1, -0.05) is 11.6 Å². The molecule has 0 unspecified atom stereocenters. The van der Waals surface area contributed by atoms with Crippen molar-refractivity contribution in [3.05, 3.63) is 44.5 Å². The van der Waals surface area contributed by atoms with E-state index >= 15 is 0 Å². The monoisotopic (exact) mass is 304 g/mol. The van der Waals surface area contributed by atoms with Gasteiger partial charge in [-0.3, -0.25) is 4.79 Å². The molecule has 0 amide bonds. The first kappa shape index (κ1) is 14.4. The Morgan fingerprint density at radius 1 is 1.29 bits per heavy atom. The number of halogens is 2. The van der Waals surface area contributed by atoms with E-state index in [0.717, 1.165) is 12.1 Å². The fourth-order valence-corrected chi connectivity index (χ4v) is 2.05. The number of H-pyrrole nitrogens is 1. The van der Waals surface area contributed by atoms with E-state index in [4.69, 9.17) is 27.9 Å². The molecule has 21 heavy (non-hydrogen) atoms. The molecule has 8 heteroatoms. The second-order valence-electron chi connectivity index (χ2n) is 4.00. The number of nitrogens with zero attached hydrogens (tertiary/aromatic N) is 2. The second kappa shape index (κ2) is 5.16. The first-order chi connectivity index (χ1) is 9.90. The molecule has 0 saturated heterocycles. The number of anilines is 1. The maximum atomic E-state index is 13.6. The maximum Gasteiger partial charge on any atom is 0.268 e.